The first-order valence-electron chi connectivity index (χ1n) is 18.6. The Balaban J connectivity index is 1.18. The molecule has 5 nitrogen and oxygen atoms in total. The Morgan fingerprint density at radius 2 is 0.782 bits per heavy atom. The van der Waals surface area contributed by atoms with Gasteiger partial charge in [-0.2, -0.15) is 0 Å². The lowest BCUT2D eigenvalue weighted by Gasteiger charge is -2.20. The highest BCUT2D eigenvalue weighted by Crippen LogP contribution is 2.41. The second kappa shape index (κ2) is 18.9. The minimum absolute atomic E-state index is 0.165. The topological polar surface area (TPSA) is 57.2 Å². The van der Waals surface area contributed by atoms with Gasteiger partial charge in [-0.05, 0) is 51.9 Å². The van der Waals surface area contributed by atoms with E-state index in [1.807, 2.05) is 176 Å². The maximum Gasteiger partial charge on any atom is 0.162 e. The van der Waals surface area contributed by atoms with Crippen LogP contribution < -0.4 is 18.9 Å². The molecule has 7 rings (SSSR count). The Labute approximate surface area is 323 Å². The fraction of sp³-hybridized carbons (Fsp3) is 0.120. The standard InChI is InChI=1S/C50H44O5/c51-50-44(28-16-27-39-29-30-46(52-34-40-19-8-2-9-20-40)49(32-39)55-37-43-25-14-5-15-26-43)47(53-35-41-21-10-3-11-22-41)33-48(54-36-42-23-12-4-13-24-42)45(50)31-38-17-6-1-7-18-38/h1-27,29-30,32-33,51H,28,31,34-37H2/b27-16+. The van der Waals surface area contributed by atoms with Gasteiger partial charge in [-0.1, -0.05) is 170 Å². The molecule has 0 fully saturated rings. The summed E-state index contributed by atoms with van der Waals surface area (Å²) in [7, 11) is 0. The van der Waals surface area contributed by atoms with Crippen molar-refractivity contribution in [2.24, 2.45) is 0 Å². The molecule has 0 saturated heterocycles. The van der Waals surface area contributed by atoms with E-state index in [-0.39, 0.29) is 5.75 Å². The number of phenols is 1. The van der Waals surface area contributed by atoms with Gasteiger partial charge in [-0.15, -0.1) is 0 Å². The minimum atomic E-state index is 0.165. The smallest absolute Gasteiger partial charge is 0.162 e. The maximum atomic E-state index is 12.1. The average molecular weight is 725 g/mol. The van der Waals surface area contributed by atoms with E-state index in [0.717, 1.165) is 33.4 Å². The van der Waals surface area contributed by atoms with Crippen molar-refractivity contribution in [2.75, 3.05) is 0 Å². The van der Waals surface area contributed by atoms with E-state index in [2.05, 4.69) is 12.1 Å². The van der Waals surface area contributed by atoms with Gasteiger partial charge < -0.3 is 24.1 Å². The highest BCUT2D eigenvalue weighted by atomic mass is 16.5. The molecule has 0 radical (unpaired) electrons. The van der Waals surface area contributed by atoms with Crippen LogP contribution in [0.3, 0.4) is 0 Å². The van der Waals surface area contributed by atoms with Crippen LogP contribution in [0.25, 0.3) is 6.08 Å². The zero-order valence-corrected chi connectivity index (χ0v) is 30.7. The lowest BCUT2D eigenvalue weighted by molar-refractivity contribution is 0.256. The van der Waals surface area contributed by atoms with E-state index in [1.165, 1.54) is 0 Å². The molecule has 0 aliphatic heterocycles. The predicted octanol–water partition coefficient (Wildman–Crippen LogP) is 11.6. The molecule has 0 aliphatic carbocycles. The number of ether oxygens (including phenoxy) is 4. The van der Waals surface area contributed by atoms with Crippen LogP contribution in [0.2, 0.25) is 0 Å². The van der Waals surface area contributed by atoms with E-state index in [1.54, 1.807) is 0 Å². The first-order valence-corrected chi connectivity index (χ1v) is 18.6. The van der Waals surface area contributed by atoms with E-state index < -0.39 is 0 Å². The summed E-state index contributed by atoms with van der Waals surface area (Å²) in [6.45, 7) is 1.55. The number of aromatic hydroxyl groups is 1. The summed E-state index contributed by atoms with van der Waals surface area (Å²) in [6, 6.07) is 58.3. The molecule has 0 atom stereocenters. The number of hydrogen-bond donors (Lipinski definition) is 1. The monoisotopic (exact) mass is 724 g/mol. The van der Waals surface area contributed by atoms with Crippen LogP contribution in [0.1, 0.15) is 44.5 Å². The molecule has 5 heteroatoms. The van der Waals surface area contributed by atoms with Gasteiger partial charge >= 0.3 is 0 Å². The molecule has 0 amide bonds. The Hall–Kier alpha value is -6.72. The van der Waals surface area contributed by atoms with Crippen molar-refractivity contribution in [3.05, 3.63) is 227 Å². The summed E-state index contributed by atoms with van der Waals surface area (Å²) in [4.78, 5) is 0. The van der Waals surface area contributed by atoms with Gasteiger partial charge in [-0.25, -0.2) is 0 Å². The zero-order valence-electron chi connectivity index (χ0n) is 30.7. The summed E-state index contributed by atoms with van der Waals surface area (Å²) >= 11 is 0. The quantitative estimate of drug-likeness (QED) is 0.101. The van der Waals surface area contributed by atoms with Crippen LogP contribution in [-0.2, 0) is 39.3 Å². The number of rotatable bonds is 17. The van der Waals surface area contributed by atoms with Crippen molar-refractivity contribution in [1.82, 2.24) is 0 Å². The summed E-state index contributed by atoms with van der Waals surface area (Å²) < 4.78 is 25.5. The third kappa shape index (κ3) is 10.5. The number of benzene rings is 7. The fourth-order valence-corrected chi connectivity index (χ4v) is 6.25. The molecule has 0 spiro atoms. The second-order valence-electron chi connectivity index (χ2n) is 13.3. The van der Waals surface area contributed by atoms with E-state index in [4.69, 9.17) is 18.9 Å². The van der Waals surface area contributed by atoms with Crippen LogP contribution in [0.15, 0.2) is 182 Å². The van der Waals surface area contributed by atoms with E-state index in [9.17, 15) is 5.11 Å². The molecule has 0 bridgehead atoms. The van der Waals surface area contributed by atoms with Crippen LogP contribution >= 0.6 is 0 Å². The molecule has 7 aromatic rings. The Morgan fingerprint density at radius 3 is 1.25 bits per heavy atom. The molecule has 7 aromatic carbocycles. The van der Waals surface area contributed by atoms with Crippen LogP contribution in [0, 0.1) is 0 Å². The van der Waals surface area contributed by atoms with Crippen LogP contribution in [0.5, 0.6) is 28.7 Å². The third-order valence-electron chi connectivity index (χ3n) is 9.20. The average Bonchev–Trinajstić information content (AvgIpc) is 3.24. The second-order valence-corrected chi connectivity index (χ2v) is 13.3. The first-order chi connectivity index (χ1) is 27.2. The molecular weight excluding hydrogens is 681 g/mol. The lowest BCUT2D eigenvalue weighted by atomic mass is 9.97. The minimum Gasteiger partial charge on any atom is -0.507 e. The van der Waals surface area contributed by atoms with Gasteiger partial charge in [0, 0.05) is 23.6 Å². The normalized spacial score (nSPS) is 11.0. The number of phenolic OH excluding ortho intramolecular Hbond substituents is 1. The van der Waals surface area contributed by atoms with Gasteiger partial charge in [0.25, 0.3) is 0 Å². The molecule has 0 unspecified atom stereocenters. The number of hydrogen-bond acceptors (Lipinski definition) is 5. The predicted molar refractivity (Wildman–Crippen MR) is 220 cm³/mol. The van der Waals surface area contributed by atoms with Gasteiger partial charge in [0.05, 0.1) is 0 Å². The third-order valence-corrected chi connectivity index (χ3v) is 9.20. The van der Waals surface area contributed by atoms with Crippen molar-refractivity contribution in [3.63, 3.8) is 0 Å². The molecule has 0 aromatic heterocycles. The Bertz CT molecular complexity index is 2260. The van der Waals surface area contributed by atoms with E-state index >= 15 is 0 Å². The van der Waals surface area contributed by atoms with Gasteiger partial charge in [0.1, 0.15) is 43.7 Å². The molecule has 0 aliphatic rings. The maximum absolute atomic E-state index is 12.1. The van der Waals surface area contributed by atoms with Crippen LogP contribution in [-0.4, -0.2) is 5.11 Å². The van der Waals surface area contributed by atoms with E-state index in [0.29, 0.717) is 73.4 Å². The van der Waals surface area contributed by atoms with Gasteiger partial charge in [0.2, 0.25) is 0 Å². The van der Waals surface area contributed by atoms with Crippen molar-refractivity contribution in [1.29, 1.82) is 0 Å². The summed E-state index contributed by atoms with van der Waals surface area (Å²) in [5, 5.41) is 12.1. The molecule has 274 valence electrons. The Kier molecular flexibility index (Phi) is 12.6. The highest BCUT2D eigenvalue weighted by molar-refractivity contribution is 5.61. The zero-order chi connectivity index (χ0) is 37.5. The SMILES string of the molecule is Oc1c(C/C=C/c2ccc(OCc3ccccc3)c(OCc3ccccc3)c2)c(OCc2ccccc2)cc(OCc2ccccc2)c1Cc1ccccc1. The largest absolute Gasteiger partial charge is 0.507 e. The van der Waals surface area contributed by atoms with Gasteiger partial charge in [-0.3, -0.25) is 0 Å². The fourth-order valence-electron chi connectivity index (χ4n) is 6.25. The van der Waals surface area contributed by atoms with Gasteiger partial charge in [0.15, 0.2) is 11.5 Å². The lowest BCUT2D eigenvalue weighted by Crippen LogP contribution is -2.05. The van der Waals surface area contributed by atoms with Crippen molar-refractivity contribution >= 4 is 6.08 Å². The van der Waals surface area contributed by atoms with Crippen molar-refractivity contribution in [3.8, 4) is 28.7 Å². The molecule has 0 saturated carbocycles. The molecular formula is C50H44O5. The molecule has 55 heavy (non-hydrogen) atoms. The molecule has 0 heterocycles. The summed E-state index contributed by atoms with van der Waals surface area (Å²) in [5.74, 6) is 2.65. The van der Waals surface area contributed by atoms with Crippen molar-refractivity contribution < 1.29 is 24.1 Å². The highest BCUT2D eigenvalue weighted by Gasteiger charge is 2.20. The van der Waals surface area contributed by atoms with Crippen LogP contribution in [0.4, 0.5) is 0 Å². The summed E-state index contributed by atoms with van der Waals surface area (Å²) in [5.41, 5.74) is 7.62. The first kappa shape index (κ1) is 36.6. The summed E-state index contributed by atoms with van der Waals surface area (Å²) in [6.07, 6.45) is 5.00. The van der Waals surface area contributed by atoms with Crippen molar-refractivity contribution in [2.45, 2.75) is 39.3 Å². The number of allylic oxidation sites excluding steroid dienone is 1. The Morgan fingerprint density at radius 1 is 0.382 bits per heavy atom. The molecule has 1 N–H and O–H groups in total.